The number of pyridine rings is 1. The Morgan fingerprint density at radius 1 is 0.821 bits per heavy atom. The van der Waals surface area contributed by atoms with Gasteiger partial charge in [-0.25, -0.2) is 4.98 Å². The molecule has 5 aromatic rings. The van der Waals surface area contributed by atoms with Crippen molar-refractivity contribution in [2.24, 2.45) is 0 Å². The van der Waals surface area contributed by atoms with Crippen molar-refractivity contribution in [3.8, 4) is 5.88 Å². The zero-order valence-electron chi connectivity index (χ0n) is 23.4. The summed E-state index contributed by atoms with van der Waals surface area (Å²) in [6.45, 7) is 9.06. The first-order valence-electron chi connectivity index (χ1n) is 13.9. The third-order valence-electron chi connectivity index (χ3n) is 8.03. The zero-order valence-corrected chi connectivity index (χ0v) is 23.4. The number of aromatic nitrogens is 1. The minimum absolute atomic E-state index is 0.400. The van der Waals surface area contributed by atoms with E-state index in [1.807, 2.05) is 30.3 Å². The Morgan fingerprint density at radius 2 is 1.54 bits per heavy atom. The van der Waals surface area contributed by atoms with E-state index in [1.165, 1.54) is 5.56 Å². The Morgan fingerprint density at radius 3 is 2.26 bits per heavy atom. The van der Waals surface area contributed by atoms with Crippen molar-refractivity contribution in [2.75, 3.05) is 26.7 Å². The van der Waals surface area contributed by atoms with Gasteiger partial charge in [-0.3, -0.25) is 0 Å². The lowest BCUT2D eigenvalue weighted by Crippen LogP contribution is -2.39. The van der Waals surface area contributed by atoms with E-state index in [-0.39, 0.29) is 0 Å². The Hall–Kier alpha value is -3.73. The van der Waals surface area contributed by atoms with Gasteiger partial charge in [-0.1, -0.05) is 92.2 Å². The second-order valence-corrected chi connectivity index (χ2v) is 10.4. The maximum Gasteiger partial charge on any atom is 0.217 e. The number of hydrogen-bond donors (Lipinski definition) is 1. The molecular weight excluding hydrogens is 480 g/mol. The van der Waals surface area contributed by atoms with Gasteiger partial charge >= 0.3 is 0 Å². The third-order valence-corrected chi connectivity index (χ3v) is 8.03. The highest BCUT2D eigenvalue weighted by molar-refractivity contribution is 5.84. The van der Waals surface area contributed by atoms with Gasteiger partial charge in [0.05, 0.1) is 12.6 Å². The molecule has 4 heteroatoms. The average Bonchev–Trinajstić information content (AvgIpc) is 2.97. The van der Waals surface area contributed by atoms with E-state index in [9.17, 15) is 5.11 Å². The van der Waals surface area contributed by atoms with Crippen LogP contribution >= 0.6 is 0 Å². The molecule has 5 rings (SSSR count). The highest BCUT2D eigenvalue weighted by atomic mass is 16.5. The number of fused-ring (bicyclic) bond motifs is 2. The fourth-order valence-electron chi connectivity index (χ4n) is 5.81. The lowest BCUT2D eigenvalue weighted by molar-refractivity contribution is 0.00124. The summed E-state index contributed by atoms with van der Waals surface area (Å²) in [6, 6.07) is 33.4. The molecule has 200 valence electrons. The maximum absolute atomic E-state index is 13.1. The first kappa shape index (κ1) is 26.9. The summed E-state index contributed by atoms with van der Waals surface area (Å²) in [5.74, 6) is 0.144. The fraction of sp³-hybridized carbons (Fsp3) is 0.286. The molecule has 1 N–H and O–H groups in total. The number of aliphatic hydroxyl groups is 1. The van der Waals surface area contributed by atoms with E-state index in [0.717, 1.165) is 58.0 Å². The molecule has 2 atom stereocenters. The number of ether oxygens (including phenoxy) is 1. The van der Waals surface area contributed by atoms with Crippen molar-refractivity contribution in [1.82, 2.24) is 9.88 Å². The van der Waals surface area contributed by atoms with Gasteiger partial charge in [0, 0.05) is 23.4 Å². The molecule has 1 heterocycles. The minimum atomic E-state index is -1.22. The molecule has 1 aromatic heterocycles. The fourth-order valence-corrected chi connectivity index (χ4v) is 5.81. The SMILES string of the molecule is CCN(CC)CCC(O)(c1ccc2ccccc2c1)C(c1ccccc1)c1cc2cc(C)ccc2nc1OC. The summed E-state index contributed by atoms with van der Waals surface area (Å²) in [4.78, 5) is 7.29. The smallest absolute Gasteiger partial charge is 0.217 e. The molecule has 0 bridgehead atoms. The predicted molar refractivity (Wildman–Crippen MR) is 162 cm³/mol. The van der Waals surface area contributed by atoms with Gasteiger partial charge in [0.15, 0.2) is 0 Å². The Labute approximate surface area is 231 Å². The van der Waals surface area contributed by atoms with Crippen LogP contribution in [0.2, 0.25) is 0 Å². The van der Waals surface area contributed by atoms with E-state index >= 15 is 0 Å². The lowest BCUT2D eigenvalue weighted by Gasteiger charge is -2.39. The molecule has 0 saturated carbocycles. The highest BCUT2D eigenvalue weighted by Gasteiger charge is 2.42. The molecular formula is C35H38N2O2. The normalized spacial score (nSPS) is 14.0. The van der Waals surface area contributed by atoms with Crippen LogP contribution in [0.15, 0.2) is 97.1 Å². The summed E-state index contributed by atoms with van der Waals surface area (Å²) < 4.78 is 5.92. The van der Waals surface area contributed by atoms with Crippen LogP contribution in [0.3, 0.4) is 0 Å². The van der Waals surface area contributed by atoms with Crippen LogP contribution in [0.5, 0.6) is 5.88 Å². The predicted octanol–water partition coefficient (Wildman–Crippen LogP) is 7.46. The number of hydrogen-bond acceptors (Lipinski definition) is 4. The molecule has 39 heavy (non-hydrogen) atoms. The molecule has 0 amide bonds. The number of rotatable bonds is 10. The topological polar surface area (TPSA) is 45.6 Å². The summed E-state index contributed by atoms with van der Waals surface area (Å²) >= 11 is 0. The molecule has 4 aromatic carbocycles. The van der Waals surface area contributed by atoms with Crippen molar-refractivity contribution < 1.29 is 9.84 Å². The average molecular weight is 519 g/mol. The van der Waals surface area contributed by atoms with Crippen LogP contribution in [-0.4, -0.2) is 41.7 Å². The van der Waals surface area contributed by atoms with Crippen molar-refractivity contribution >= 4 is 21.7 Å². The Kier molecular flexibility index (Phi) is 7.97. The van der Waals surface area contributed by atoms with E-state index in [0.29, 0.717) is 12.3 Å². The molecule has 0 aliphatic heterocycles. The maximum atomic E-state index is 13.1. The molecule has 0 spiro atoms. The van der Waals surface area contributed by atoms with Crippen LogP contribution in [0.25, 0.3) is 21.7 Å². The molecule has 4 nitrogen and oxygen atoms in total. The van der Waals surface area contributed by atoms with Gasteiger partial charge in [-0.15, -0.1) is 0 Å². The Bertz CT molecular complexity index is 1560. The Balaban J connectivity index is 1.78. The first-order valence-corrected chi connectivity index (χ1v) is 13.9. The largest absolute Gasteiger partial charge is 0.481 e. The molecule has 2 unspecified atom stereocenters. The van der Waals surface area contributed by atoms with Gasteiger partial charge in [0.2, 0.25) is 5.88 Å². The number of methoxy groups -OCH3 is 1. The molecule has 0 saturated heterocycles. The molecule has 0 fully saturated rings. The summed E-state index contributed by atoms with van der Waals surface area (Å²) in [6.07, 6.45) is 0.557. The summed E-state index contributed by atoms with van der Waals surface area (Å²) in [5, 5.41) is 16.4. The van der Waals surface area contributed by atoms with Gasteiger partial charge in [-0.05, 0) is 72.6 Å². The number of nitrogens with zero attached hydrogens (tertiary/aromatic N) is 2. The first-order chi connectivity index (χ1) is 19.0. The zero-order chi connectivity index (χ0) is 27.4. The van der Waals surface area contributed by atoms with Crippen LogP contribution < -0.4 is 4.74 Å². The van der Waals surface area contributed by atoms with Crippen molar-refractivity contribution in [3.63, 3.8) is 0 Å². The van der Waals surface area contributed by atoms with Crippen molar-refractivity contribution in [1.29, 1.82) is 0 Å². The highest BCUT2D eigenvalue weighted by Crippen LogP contribution is 2.47. The van der Waals surface area contributed by atoms with Gasteiger partial charge in [-0.2, -0.15) is 0 Å². The monoisotopic (exact) mass is 518 g/mol. The van der Waals surface area contributed by atoms with Crippen molar-refractivity contribution in [3.05, 3.63) is 119 Å². The quantitative estimate of drug-likeness (QED) is 0.208. The second kappa shape index (κ2) is 11.6. The van der Waals surface area contributed by atoms with Gasteiger partial charge in [0.1, 0.15) is 5.60 Å². The van der Waals surface area contributed by atoms with Crippen LogP contribution in [-0.2, 0) is 5.60 Å². The van der Waals surface area contributed by atoms with E-state index < -0.39 is 11.5 Å². The summed E-state index contributed by atoms with van der Waals surface area (Å²) in [5.41, 5.74) is 3.64. The van der Waals surface area contributed by atoms with Gasteiger partial charge in [0.25, 0.3) is 0 Å². The molecule has 0 aliphatic rings. The van der Waals surface area contributed by atoms with E-state index in [2.05, 4.69) is 92.4 Å². The number of benzene rings is 4. The second-order valence-electron chi connectivity index (χ2n) is 10.4. The van der Waals surface area contributed by atoms with Crippen LogP contribution in [0.1, 0.15) is 48.4 Å². The standard InChI is InChI=1S/C35H38N2O2/c1-5-37(6-2)21-20-35(38,30-18-17-26-12-10-11-15-28(26)23-30)33(27-13-8-7-9-14-27)31-24-29-22-25(3)16-19-32(29)36-34(31)39-4/h7-19,22-24,33,38H,5-6,20-21H2,1-4H3. The van der Waals surface area contributed by atoms with E-state index in [1.54, 1.807) is 7.11 Å². The van der Waals surface area contributed by atoms with Crippen LogP contribution in [0, 0.1) is 6.92 Å². The molecule has 0 radical (unpaired) electrons. The van der Waals surface area contributed by atoms with Crippen molar-refractivity contribution in [2.45, 2.75) is 38.7 Å². The lowest BCUT2D eigenvalue weighted by atomic mass is 9.71. The van der Waals surface area contributed by atoms with Gasteiger partial charge < -0.3 is 14.7 Å². The molecule has 0 aliphatic carbocycles. The van der Waals surface area contributed by atoms with E-state index in [4.69, 9.17) is 9.72 Å². The minimum Gasteiger partial charge on any atom is -0.481 e. The third kappa shape index (κ3) is 5.40. The number of aryl methyl sites for hydroxylation is 1. The van der Waals surface area contributed by atoms with Crippen LogP contribution in [0.4, 0.5) is 0 Å². The summed E-state index contributed by atoms with van der Waals surface area (Å²) in [7, 11) is 1.67.